The summed E-state index contributed by atoms with van der Waals surface area (Å²) in [4.78, 5) is 2.56. The van der Waals surface area contributed by atoms with Gasteiger partial charge in [-0.3, -0.25) is 9.58 Å². The fraction of sp³-hybridized carbons (Fsp3) is 0.824. The number of hydrogen-bond donors (Lipinski definition) is 1. The molecule has 1 atom stereocenters. The first-order chi connectivity index (χ1) is 9.95. The monoisotopic (exact) mass is 294 g/mol. The normalized spacial score (nSPS) is 13.9. The van der Waals surface area contributed by atoms with Crippen LogP contribution < -0.4 is 5.32 Å². The molecule has 0 radical (unpaired) electrons. The van der Waals surface area contributed by atoms with Crippen molar-refractivity contribution in [1.29, 1.82) is 0 Å². The minimum Gasteiger partial charge on any atom is -0.312 e. The minimum absolute atomic E-state index is 0.168. The molecular formula is C17H34N4. The van der Waals surface area contributed by atoms with Gasteiger partial charge in [0.15, 0.2) is 0 Å². The second-order valence-electron chi connectivity index (χ2n) is 6.39. The summed E-state index contributed by atoms with van der Waals surface area (Å²) in [5.41, 5.74) is 1.50. The van der Waals surface area contributed by atoms with E-state index in [4.69, 9.17) is 0 Å². The summed E-state index contributed by atoms with van der Waals surface area (Å²) >= 11 is 0. The molecule has 0 aromatic carbocycles. The Hall–Kier alpha value is -0.870. The Kier molecular flexibility index (Phi) is 7.40. The molecule has 122 valence electrons. The minimum atomic E-state index is 0.168. The summed E-state index contributed by atoms with van der Waals surface area (Å²) in [5, 5.41) is 8.04. The third-order valence-corrected chi connectivity index (χ3v) is 4.55. The molecule has 0 aliphatic rings. The van der Waals surface area contributed by atoms with Crippen molar-refractivity contribution in [2.75, 3.05) is 19.6 Å². The summed E-state index contributed by atoms with van der Waals surface area (Å²) in [6.07, 6.45) is 7.52. The lowest BCUT2D eigenvalue weighted by molar-refractivity contribution is 0.0876. The van der Waals surface area contributed by atoms with E-state index in [0.717, 1.165) is 32.5 Å². The predicted octanol–water partition coefficient (Wildman–Crippen LogP) is 2.84. The third-order valence-electron chi connectivity index (χ3n) is 4.55. The van der Waals surface area contributed by atoms with Crippen LogP contribution in [0.2, 0.25) is 0 Å². The number of hydrogen-bond acceptors (Lipinski definition) is 3. The van der Waals surface area contributed by atoms with E-state index in [-0.39, 0.29) is 5.54 Å². The van der Waals surface area contributed by atoms with Crippen LogP contribution in [-0.2, 0) is 13.5 Å². The Bertz CT molecular complexity index is 393. The Morgan fingerprint density at radius 3 is 2.43 bits per heavy atom. The van der Waals surface area contributed by atoms with Crippen LogP contribution in [0.15, 0.2) is 12.4 Å². The van der Waals surface area contributed by atoms with Crippen molar-refractivity contribution >= 4 is 0 Å². The molecule has 1 aromatic heterocycles. The zero-order valence-corrected chi connectivity index (χ0v) is 14.8. The molecular weight excluding hydrogens is 260 g/mol. The number of nitrogens with one attached hydrogen (secondary N) is 1. The third kappa shape index (κ3) is 5.11. The molecule has 4 nitrogen and oxygen atoms in total. The number of rotatable bonds is 10. The quantitative estimate of drug-likeness (QED) is 0.720. The maximum absolute atomic E-state index is 4.27. The van der Waals surface area contributed by atoms with Gasteiger partial charge in [-0.05, 0) is 58.3 Å². The fourth-order valence-electron chi connectivity index (χ4n) is 3.19. The first-order valence-electron chi connectivity index (χ1n) is 8.41. The van der Waals surface area contributed by atoms with Crippen molar-refractivity contribution in [2.45, 2.75) is 65.5 Å². The lowest BCUT2D eigenvalue weighted by atomic mass is 9.87. The van der Waals surface area contributed by atoms with Crippen molar-refractivity contribution in [3.05, 3.63) is 18.0 Å². The predicted molar refractivity (Wildman–Crippen MR) is 90.6 cm³/mol. The highest BCUT2D eigenvalue weighted by Crippen LogP contribution is 2.22. The average Bonchev–Trinajstić information content (AvgIpc) is 2.85. The number of likely N-dealkylation sites (N-methyl/N-ethyl adjacent to an activating group) is 1. The first-order valence-corrected chi connectivity index (χ1v) is 8.41. The van der Waals surface area contributed by atoms with Crippen molar-refractivity contribution < 1.29 is 0 Å². The largest absolute Gasteiger partial charge is 0.312 e. The van der Waals surface area contributed by atoms with Gasteiger partial charge in [0.25, 0.3) is 0 Å². The van der Waals surface area contributed by atoms with E-state index in [1.807, 2.05) is 17.9 Å². The van der Waals surface area contributed by atoms with Gasteiger partial charge in [-0.1, -0.05) is 20.8 Å². The van der Waals surface area contributed by atoms with Crippen LogP contribution >= 0.6 is 0 Å². The number of aryl methyl sites for hydroxylation is 2. The SMILES string of the molecule is CCCNC(CCc1cnn(C)c1)C(C)(C)N(CC)CC. The zero-order valence-electron chi connectivity index (χ0n) is 14.8. The lowest BCUT2D eigenvalue weighted by Gasteiger charge is -2.44. The molecule has 0 saturated carbocycles. The summed E-state index contributed by atoms with van der Waals surface area (Å²) < 4.78 is 1.89. The van der Waals surface area contributed by atoms with Crippen LogP contribution in [-0.4, -0.2) is 45.9 Å². The smallest absolute Gasteiger partial charge is 0.0521 e. The van der Waals surface area contributed by atoms with Crippen molar-refractivity contribution in [1.82, 2.24) is 20.0 Å². The lowest BCUT2D eigenvalue weighted by Crippen LogP contribution is -2.58. The molecule has 0 aliphatic carbocycles. The van der Waals surface area contributed by atoms with Crippen LogP contribution in [0.1, 0.15) is 53.0 Å². The highest BCUT2D eigenvalue weighted by Gasteiger charge is 2.33. The molecule has 0 bridgehead atoms. The average molecular weight is 294 g/mol. The summed E-state index contributed by atoms with van der Waals surface area (Å²) in [5.74, 6) is 0. The van der Waals surface area contributed by atoms with E-state index < -0.39 is 0 Å². The molecule has 0 amide bonds. The van der Waals surface area contributed by atoms with Crippen LogP contribution in [0.3, 0.4) is 0 Å². The molecule has 1 unspecified atom stereocenters. The summed E-state index contributed by atoms with van der Waals surface area (Å²) in [7, 11) is 1.98. The molecule has 0 fully saturated rings. The van der Waals surface area contributed by atoms with E-state index in [1.54, 1.807) is 0 Å². The van der Waals surface area contributed by atoms with E-state index in [9.17, 15) is 0 Å². The number of aromatic nitrogens is 2. The molecule has 21 heavy (non-hydrogen) atoms. The molecule has 1 rings (SSSR count). The molecule has 0 spiro atoms. The highest BCUT2D eigenvalue weighted by molar-refractivity contribution is 5.05. The Balaban J connectivity index is 2.73. The van der Waals surface area contributed by atoms with Crippen molar-refractivity contribution in [3.8, 4) is 0 Å². The Morgan fingerprint density at radius 2 is 1.95 bits per heavy atom. The molecule has 0 saturated heterocycles. The fourth-order valence-corrected chi connectivity index (χ4v) is 3.19. The van der Waals surface area contributed by atoms with Crippen LogP contribution in [0.25, 0.3) is 0 Å². The summed E-state index contributed by atoms with van der Waals surface area (Å²) in [6, 6.07) is 0.498. The summed E-state index contributed by atoms with van der Waals surface area (Å²) in [6.45, 7) is 14.8. The van der Waals surface area contributed by atoms with E-state index in [1.165, 1.54) is 12.0 Å². The Morgan fingerprint density at radius 1 is 1.29 bits per heavy atom. The zero-order chi connectivity index (χ0) is 15.9. The van der Waals surface area contributed by atoms with Gasteiger partial charge >= 0.3 is 0 Å². The van der Waals surface area contributed by atoms with Gasteiger partial charge in [0.05, 0.1) is 6.20 Å². The second kappa shape index (κ2) is 8.54. The second-order valence-corrected chi connectivity index (χ2v) is 6.39. The van der Waals surface area contributed by atoms with Crippen LogP contribution in [0, 0.1) is 0 Å². The van der Waals surface area contributed by atoms with Gasteiger partial charge in [0.1, 0.15) is 0 Å². The van der Waals surface area contributed by atoms with Gasteiger partial charge in [-0.15, -0.1) is 0 Å². The molecule has 1 aromatic rings. The van der Waals surface area contributed by atoms with E-state index in [2.05, 4.69) is 56.1 Å². The molecule has 4 heteroatoms. The maximum atomic E-state index is 4.27. The topological polar surface area (TPSA) is 33.1 Å². The van der Waals surface area contributed by atoms with Gasteiger partial charge < -0.3 is 5.32 Å². The van der Waals surface area contributed by atoms with E-state index >= 15 is 0 Å². The molecule has 0 aliphatic heterocycles. The highest BCUT2D eigenvalue weighted by atomic mass is 15.2. The van der Waals surface area contributed by atoms with E-state index in [0.29, 0.717) is 6.04 Å². The van der Waals surface area contributed by atoms with Crippen molar-refractivity contribution in [2.24, 2.45) is 7.05 Å². The van der Waals surface area contributed by atoms with Crippen LogP contribution in [0.5, 0.6) is 0 Å². The standard InChI is InChI=1S/C17H34N4/c1-7-12-18-16(17(4,5)21(8-2)9-3)11-10-15-13-19-20(6)14-15/h13-14,16,18H,7-12H2,1-6H3. The first kappa shape index (κ1) is 18.2. The van der Waals surface area contributed by atoms with Gasteiger partial charge in [0.2, 0.25) is 0 Å². The van der Waals surface area contributed by atoms with Crippen LogP contribution in [0.4, 0.5) is 0 Å². The van der Waals surface area contributed by atoms with Gasteiger partial charge in [0, 0.05) is 24.8 Å². The molecule has 1 heterocycles. The van der Waals surface area contributed by atoms with Crippen molar-refractivity contribution in [3.63, 3.8) is 0 Å². The maximum Gasteiger partial charge on any atom is 0.0521 e. The van der Waals surface area contributed by atoms with Gasteiger partial charge in [-0.25, -0.2) is 0 Å². The molecule has 1 N–H and O–H groups in total. The Labute approximate surface area is 130 Å². The number of nitrogens with zero attached hydrogens (tertiary/aromatic N) is 3. The van der Waals surface area contributed by atoms with Gasteiger partial charge in [-0.2, -0.15) is 5.10 Å².